The van der Waals surface area contributed by atoms with E-state index in [9.17, 15) is 4.57 Å². The van der Waals surface area contributed by atoms with Crippen LogP contribution in [0.5, 0.6) is 0 Å². The zero-order chi connectivity index (χ0) is 8.53. The summed E-state index contributed by atoms with van der Waals surface area (Å²) in [4.78, 5) is 0. The van der Waals surface area contributed by atoms with Gasteiger partial charge in [0.05, 0.1) is 0 Å². The highest BCUT2D eigenvalue weighted by Gasteiger charge is 1.95. The van der Waals surface area contributed by atoms with Gasteiger partial charge in [-0.3, -0.25) is 4.57 Å². The summed E-state index contributed by atoms with van der Waals surface area (Å²) in [5.74, 6) is 2.27. The first kappa shape index (κ1) is 10.5. The maximum Gasteiger partial charge on any atom is 0.192 e. The maximum absolute atomic E-state index is 10.9. The number of hydrogen-bond donors (Lipinski definition) is 0. The van der Waals surface area contributed by atoms with E-state index in [1.54, 1.807) is 6.08 Å². The molecule has 0 saturated carbocycles. The standard InChI is InChI=1S/C8H13O2P/c1-3-5-6-8-11(9)10-7-4-2/h2-3,11H,1,5-8H2. The predicted molar refractivity (Wildman–Crippen MR) is 48.1 cm³/mol. The fourth-order valence-electron chi connectivity index (χ4n) is 0.585. The molecule has 1 atom stereocenters. The summed E-state index contributed by atoms with van der Waals surface area (Å²) < 4.78 is 15.7. The highest BCUT2D eigenvalue weighted by atomic mass is 31.1. The van der Waals surface area contributed by atoms with Crippen molar-refractivity contribution in [3.8, 4) is 12.3 Å². The highest BCUT2D eigenvalue weighted by Crippen LogP contribution is 2.22. The number of unbranched alkanes of at least 4 members (excludes halogenated alkanes) is 1. The molecule has 11 heavy (non-hydrogen) atoms. The second kappa shape index (κ2) is 7.60. The average Bonchev–Trinajstić information content (AvgIpc) is 2.01. The molecule has 0 aliphatic heterocycles. The van der Waals surface area contributed by atoms with E-state index in [-0.39, 0.29) is 6.61 Å². The molecule has 0 rings (SSSR count). The molecule has 0 aromatic heterocycles. The van der Waals surface area contributed by atoms with Crippen LogP contribution in [0.25, 0.3) is 0 Å². The van der Waals surface area contributed by atoms with Gasteiger partial charge >= 0.3 is 0 Å². The van der Waals surface area contributed by atoms with Crippen molar-refractivity contribution in [2.24, 2.45) is 0 Å². The molecule has 3 heteroatoms. The van der Waals surface area contributed by atoms with Gasteiger partial charge in [-0.15, -0.1) is 13.0 Å². The van der Waals surface area contributed by atoms with E-state index in [1.165, 1.54) is 0 Å². The van der Waals surface area contributed by atoms with Crippen LogP contribution in [-0.2, 0) is 9.09 Å². The monoisotopic (exact) mass is 172 g/mol. The third-order valence-corrected chi connectivity index (χ3v) is 2.33. The smallest absolute Gasteiger partial charge is 0.192 e. The van der Waals surface area contributed by atoms with Gasteiger partial charge in [-0.25, -0.2) is 0 Å². The Labute approximate surface area is 68.5 Å². The SMILES string of the molecule is C#CCO[PH](=O)CCCC=C. The van der Waals surface area contributed by atoms with E-state index in [0.717, 1.165) is 12.8 Å². The van der Waals surface area contributed by atoms with Gasteiger partial charge in [0.2, 0.25) is 0 Å². The van der Waals surface area contributed by atoms with Crippen LogP contribution in [0.1, 0.15) is 12.8 Å². The van der Waals surface area contributed by atoms with Crippen LogP contribution in [0, 0.1) is 12.3 Å². The number of rotatable bonds is 6. The van der Waals surface area contributed by atoms with Crippen molar-refractivity contribution in [2.45, 2.75) is 12.8 Å². The zero-order valence-electron chi connectivity index (χ0n) is 6.51. The summed E-state index contributed by atoms with van der Waals surface area (Å²) in [6, 6.07) is 0. The Bertz CT molecular complexity index is 169. The molecule has 0 aromatic carbocycles. The fraction of sp³-hybridized carbons (Fsp3) is 0.500. The number of hydrogen-bond acceptors (Lipinski definition) is 2. The van der Waals surface area contributed by atoms with Crippen molar-refractivity contribution in [3.05, 3.63) is 12.7 Å². The molecule has 0 bridgehead atoms. The maximum atomic E-state index is 10.9. The van der Waals surface area contributed by atoms with Gasteiger partial charge in [0, 0.05) is 6.16 Å². The molecule has 0 fully saturated rings. The molecule has 0 aliphatic carbocycles. The Kier molecular flexibility index (Phi) is 7.24. The van der Waals surface area contributed by atoms with Gasteiger partial charge in [0.1, 0.15) is 6.61 Å². The van der Waals surface area contributed by atoms with Crippen LogP contribution in [0.3, 0.4) is 0 Å². The molecule has 0 heterocycles. The lowest BCUT2D eigenvalue weighted by molar-refractivity contribution is 0.377. The second-order valence-corrected chi connectivity index (χ2v) is 3.58. The quantitative estimate of drug-likeness (QED) is 0.265. The molecule has 2 nitrogen and oxygen atoms in total. The molecule has 0 aliphatic rings. The molecule has 62 valence electrons. The lowest BCUT2D eigenvalue weighted by Gasteiger charge is -1.98. The Morgan fingerprint density at radius 2 is 2.45 bits per heavy atom. The molecular formula is C8H13O2P. The third kappa shape index (κ3) is 7.39. The lowest BCUT2D eigenvalue weighted by Crippen LogP contribution is -1.84. The number of allylic oxidation sites excluding steroid dienone is 1. The van der Waals surface area contributed by atoms with E-state index >= 15 is 0 Å². The minimum absolute atomic E-state index is 0.159. The van der Waals surface area contributed by atoms with Gasteiger partial charge in [0.25, 0.3) is 0 Å². The van der Waals surface area contributed by atoms with E-state index < -0.39 is 8.03 Å². The minimum atomic E-state index is -1.86. The molecule has 0 aromatic rings. The van der Waals surface area contributed by atoms with Crippen LogP contribution >= 0.6 is 8.03 Å². The predicted octanol–water partition coefficient (Wildman–Crippen LogP) is 2.08. The molecular weight excluding hydrogens is 159 g/mol. The first-order valence-corrected chi connectivity index (χ1v) is 5.03. The van der Waals surface area contributed by atoms with E-state index in [1.807, 2.05) is 0 Å². The molecule has 0 amide bonds. The van der Waals surface area contributed by atoms with Crippen molar-refractivity contribution in [1.82, 2.24) is 0 Å². The highest BCUT2D eigenvalue weighted by molar-refractivity contribution is 7.39. The van der Waals surface area contributed by atoms with Gasteiger partial charge in [-0.05, 0) is 12.8 Å². The summed E-state index contributed by atoms with van der Waals surface area (Å²) in [7, 11) is -1.86. The van der Waals surface area contributed by atoms with Crippen molar-refractivity contribution in [1.29, 1.82) is 0 Å². The Balaban J connectivity index is 3.24. The molecule has 0 radical (unpaired) electrons. The van der Waals surface area contributed by atoms with Crippen molar-refractivity contribution < 1.29 is 9.09 Å². The Morgan fingerprint density at radius 3 is 3.00 bits per heavy atom. The summed E-state index contributed by atoms with van der Waals surface area (Å²) in [6.45, 7) is 3.71. The first-order chi connectivity index (χ1) is 5.31. The minimum Gasteiger partial charge on any atom is -0.317 e. The average molecular weight is 172 g/mol. The second-order valence-electron chi connectivity index (χ2n) is 2.05. The van der Waals surface area contributed by atoms with E-state index in [2.05, 4.69) is 12.5 Å². The topological polar surface area (TPSA) is 26.3 Å². The van der Waals surface area contributed by atoms with Crippen molar-refractivity contribution in [2.75, 3.05) is 12.8 Å². The molecule has 0 saturated heterocycles. The zero-order valence-corrected chi connectivity index (χ0v) is 7.51. The van der Waals surface area contributed by atoms with E-state index in [0.29, 0.717) is 6.16 Å². The Hall–Kier alpha value is -0.510. The van der Waals surface area contributed by atoms with Crippen LogP contribution < -0.4 is 0 Å². The van der Waals surface area contributed by atoms with Crippen LogP contribution in [0.4, 0.5) is 0 Å². The summed E-state index contributed by atoms with van der Waals surface area (Å²) in [5, 5.41) is 0. The summed E-state index contributed by atoms with van der Waals surface area (Å²) in [5.41, 5.74) is 0. The van der Waals surface area contributed by atoms with Gasteiger partial charge in [-0.2, -0.15) is 0 Å². The Morgan fingerprint density at radius 1 is 1.73 bits per heavy atom. The summed E-state index contributed by atoms with van der Waals surface area (Å²) >= 11 is 0. The summed E-state index contributed by atoms with van der Waals surface area (Å²) in [6.07, 6.45) is 9.08. The lowest BCUT2D eigenvalue weighted by atomic mass is 10.3. The van der Waals surface area contributed by atoms with Crippen LogP contribution in [-0.4, -0.2) is 12.8 Å². The molecule has 0 N–H and O–H groups in total. The van der Waals surface area contributed by atoms with Gasteiger partial charge in [-0.1, -0.05) is 12.0 Å². The van der Waals surface area contributed by atoms with Crippen molar-refractivity contribution >= 4 is 8.03 Å². The van der Waals surface area contributed by atoms with Crippen LogP contribution in [0.2, 0.25) is 0 Å². The number of terminal acetylenes is 1. The fourth-order valence-corrected chi connectivity index (χ4v) is 1.47. The van der Waals surface area contributed by atoms with Gasteiger partial charge in [0.15, 0.2) is 8.03 Å². The molecule has 1 unspecified atom stereocenters. The molecule has 0 spiro atoms. The van der Waals surface area contributed by atoms with Crippen molar-refractivity contribution in [3.63, 3.8) is 0 Å². The van der Waals surface area contributed by atoms with Crippen LogP contribution in [0.15, 0.2) is 12.7 Å². The third-order valence-electron chi connectivity index (χ3n) is 1.11. The largest absolute Gasteiger partial charge is 0.317 e. The van der Waals surface area contributed by atoms with Gasteiger partial charge < -0.3 is 4.52 Å². The normalized spacial score (nSPS) is 11.9. The first-order valence-electron chi connectivity index (χ1n) is 3.51. The van der Waals surface area contributed by atoms with E-state index in [4.69, 9.17) is 10.9 Å².